The maximum atomic E-state index is 14.2. The number of nitrogens with one attached hydrogen (secondary N) is 4. The van der Waals surface area contributed by atoms with Gasteiger partial charge < -0.3 is 40.9 Å². The Morgan fingerprint density at radius 2 is 1.73 bits per heavy atom. The van der Waals surface area contributed by atoms with E-state index in [-0.39, 0.29) is 56.1 Å². The standard InChI is InChI=1S/C56H67N9O6S2/c1-33(48-24-40(31-72-48)42-13-10-9-12-39(42)29-57-7)60-53-44-26-43(47(71-8)27-45(44)61-35(3)62-53)37-20-22-64(23-21-37)50(68)15-11-14-49(67)63-52(56(4,5)6)55(70)65-30-41(66)25-46(65)54(69)58-28-36-16-18-38(19-17-36)51-34(2)59-32-73-51/h9-10,12-13,16-20,24,26-27,31-33,41,46,52,57,66H,11,14-15,21-23,25,28-30H2,1-8H3,(H,58,69)(H,63,67)(H,60,61,62)/t33-,41-,46+,52-/m1/s1. The number of β-amino-alcohol motifs (C(OH)–C–C–N with tert-alkyl or cyclic N) is 1. The lowest BCUT2D eigenvalue weighted by Gasteiger charge is -2.35. The van der Waals surface area contributed by atoms with Gasteiger partial charge in [0.15, 0.2) is 0 Å². The highest BCUT2D eigenvalue weighted by Gasteiger charge is 2.44. The SMILES string of the molecule is CNCc1ccccc1-c1csc([C@@H](C)Nc2nc(C)nc3cc(OC)c(C4=CCN(C(=O)CCCC(=O)N[C@H](C(=O)N5C[C@H](O)C[C@H]5C(=O)NCc5ccc(-c6scnc6C)cc5)C(C)(C)C)CC4)cc23)c1. The van der Waals surface area contributed by atoms with Crippen LogP contribution in [0.15, 0.2) is 83.7 Å². The lowest BCUT2D eigenvalue weighted by Crippen LogP contribution is -2.57. The smallest absolute Gasteiger partial charge is 0.246 e. The summed E-state index contributed by atoms with van der Waals surface area (Å²) in [7, 11) is 3.61. The van der Waals surface area contributed by atoms with Crippen molar-refractivity contribution in [2.24, 2.45) is 5.41 Å². The largest absolute Gasteiger partial charge is 0.496 e. The molecule has 17 heteroatoms. The van der Waals surface area contributed by atoms with Crippen LogP contribution in [-0.4, -0.2) is 105 Å². The van der Waals surface area contributed by atoms with Crippen molar-refractivity contribution >= 4 is 68.6 Å². The number of nitrogens with zero attached hydrogens (tertiary/aromatic N) is 5. The number of likely N-dealkylation sites (tertiary alicyclic amines) is 1. The van der Waals surface area contributed by atoms with E-state index in [2.05, 4.69) is 81.0 Å². The number of fused-ring (bicyclic) bond motifs is 1. The normalized spacial score (nSPS) is 16.8. The molecule has 0 bridgehead atoms. The summed E-state index contributed by atoms with van der Waals surface area (Å²) in [6.07, 6.45) is 2.37. The van der Waals surface area contributed by atoms with E-state index in [9.17, 15) is 24.3 Å². The second-order valence-corrected chi connectivity index (χ2v) is 21.9. The number of carbonyl (C=O) groups excluding carboxylic acids is 4. The van der Waals surface area contributed by atoms with Crippen molar-refractivity contribution in [2.75, 3.05) is 39.1 Å². The van der Waals surface area contributed by atoms with Gasteiger partial charge in [0.25, 0.3) is 0 Å². The van der Waals surface area contributed by atoms with Gasteiger partial charge in [-0.1, -0.05) is 75.4 Å². The summed E-state index contributed by atoms with van der Waals surface area (Å²) in [6.45, 7) is 13.5. The molecular weight excluding hydrogens is 959 g/mol. The zero-order valence-electron chi connectivity index (χ0n) is 43.0. The minimum absolute atomic E-state index is 0.0208. The Kier molecular flexibility index (Phi) is 16.7. The third-order valence-corrected chi connectivity index (χ3v) is 15.7. The van der Waals surface area contributed by atoms with E-state index in [1.54, 1.807) is 34.7 Å². The molecule has 15 nitrogen and oxygen atoms in total. The maximum Gasteiger partial charge on any atom is 0.246 e. The number of ether oxygens (including phenoxy) is 1. The summed E-state index contributed by atoms with van der Waals surface area (Å²) in [4.78, 5) is 74.2. The highest BCUT2D eigenvalue weighted by molar-refractivity contribution is 7.13. The molecule has 5 heterocycles. The number of aliphatic hydroxyl groups is 1. The van der Waals surface area contributed by atoms with Crippen LogP contribution in [0.3, 0.4) is 0 Å². The van der Waals surface area contributed by atoms with Gasteiger partial charge in [0.2, 0.25) is 23.6 Å². The molecule has 4 amide bonds. The van der Waals surface area contributed by atoms with E-state index in [1.165, 1.54) is 26.5 Å². The fraction of sp³-hybridized carbons (Fsp3) is 0.411. The maximum absolute atomic E-state index is 14.2. The first-order valence-corrected chi connectivity index (χ1v) is 26.7. The van der Waals surface area contributed by atoms with Gasteiger partial charge >= 0.3 is 0 Å². The van der Waals surface area contributed by atoms with Crippen molar-refractivity contribution in [3.8, 4) is 27.3 Å². The molecule has 0 aliphatic carbocycles. The summed E-state index contributed by atoms with van der Waals surface area (Å²) in [5, 5.41) is 26.6. The summed E-state index contributed by atoms with van der Waals surface area (Å²) < 4.78 is 5.91. The molecule has 0 saturated carbocycles. The van der Waals surface area contributed by atoms with Crippen molar-refractivity contribution < 1.29 is 29.0 Å². The third-order valence-electron chi connectivity index (χ3n) is 13.6. The number of aliphatic hydroxyl groups excluding tert-OH is 1. The molecule has 6 aromatic rings. The fourth-order valence-electron chi connectivity index (χ4n) is 9.66. The lowest BCUT2D eigenvalue weighted by atomic mass is 9.85. The van der Waals surface area contributed by atoms with Crippen molar-refractivity contribution in [1.29, 1.82) is 0 Å². The van der Waals surface area contributed by atoms with Gasteiger partial charge in [0.1, 0.15) is 29.5 Å². The molecule has 3 aromatic carbocycles. The van der Waals surface area contributed by atoms with E-state index in [0.29, 0.717) is 37.5 Å². The molecule has 3 aromatic heterocycles. The van der Waals surface area contributed by atoms with Crippen LogP contribution in [0.1, 0.15) is 98.9 Å². The Balaban J connectivity index is 0.854. The fourth-order valence-corrected chi connectivity index (χ4v) is 11.4. The Hall–Kier alpha value is -6.53. The average molecular weight is 1030 g/mol. The van der Waals surface area contributed by atoms with Crippen molar-refractivity contribution in [1.82, 2.24) is 40.7 Å². The van der Waals surface area contributed by atoms with Gasteiger partial charge in [-0.25, -0.2) is 15.0 Å². The van der Waals surface area contributed by atoms with Crippen molar-refractivity contribution in [2.45, 2.75) is 111 Å². The van der Waals surface area contributed by atoms with Crippen molar-refractivity contribution in [3.63, 3.8) is 0 Å². The second kappa shape index (κ2) is 23.1. The molecule has 1 saturated heterocycles. The number of amides is 4. The summed E-state index contributed by atoms with van der Waals surface area (Å²) >= 11 is 3.29. The predicted molar refractivity (Wildman–Crippen MR) is 290 cm³/mol. The van der Waals surface area contributed by atoms with E-state index in [0.717, 1.165) is 56.1 Å². The molecule has 0 unspecified atom stereocenters. The van der Waals surface area contributed by atoms with E-state index >= 15 is 0 Å². The van der Waals surface area contributed by atoms with Gasteiger partial charge in [-0.3, -0.25) is 19.2 Å². The molecule has 0 radical (unpaired) electrons. The average Bonchev–Trinajstić information content (AvgIpc) is 4.15. The highest BCUT2D eigenvalue weighted by atomic mass is 32.1. The number of aromatic nitrogens is 3. The number of carbonyl (C=O) groups is 4. The Morgan fingerprint density at radius 1 is 0.945 bits per heavy atom. The van der Waals surface area contributed by atoms with Crippen LogP contribution in [0.25, 0.3) is 38.0 Å². The number of hydrogen-bond acceptors (Lipinski definition) is 13. The van der Waals surface area contributed by atoms with Gasteiger partial charge in [0.05, 0.1) is 40.9 Å². The van der Waals surface area contributed by atoms with E-state index < -0.39 is 29.5 Å². The molecule has 4 atom stereocenters. The molecule has 0 spiro atoms. The van der Waals surface area contributed by atoms with Gasteiger partial charge in [-0.05, 0) is 97.0 Å². The van der Waals surface area contributed by atoms with Crippen molar-refractivity contribution in [3.05, 3.63) is 117 Å². The molecule has 2 aliphatic rings. The molecule has 384 valence electrons. The monoisotopic (exact) mass is 1030 g/mol. The van der Waals surface area contributed by atoms with Crippen LogP contribution < -0.4 is 26.0 Å². The predicted octanol–water partition coefficient (Wildman–Crippen LogP) is 8.59. The Morgan fingerprint density at radius 3 is 2.42 bits per heavy atom. The molecule has 73 heavy (non-hydrogen) atoms. The summed E-state index contributed by atoms with van der Waals surface area (Å²) in [5.74, 6) is 0.841. The number of thiophene rings is 1. The second-order valence-electron chi connectivity index (χ2n) is 20.1. The molecule has 5 N–H and O–H groups in total. The van der Waals surface area contributed by atoms with Gasteiger partial charge in [-0.2, -0.15) is 0 Å². The van der Waals surface area contributed by atoms with Crippen LogP contribution in [0, 0.1) is 19.3 Å². The summed E-state index contributed by atoms with van der Waals surface area (Å²) in [6, 6.07) is 20.7. The third kappa shape index (κ3) is 12.5. The zero-order valence-corrected chi connectivity index (χ0v) is 44.6. The Bertz CT molecular complexity index is 3000. The topological polar surface area (TPSA) is 191 Å². The lowest BCUT2D eigenvalue weighted by molar-refractivity contribution is -0.144. The van der Waals surface area contributed by atoms with E-state index in [4.69, 9.17) is 14.7 Å². The number of methoxy groups -OCH3 is 1. The Labute approximate surface area is 435 Å². The number of hydrogen-bond donors (Lipinski definition) is 5. The molecule has 8 rings (SSSR count). The highest BCUT2D eigenvalue weighted by Crippen LogP contribution is 2.38. The van der Waals surface area contributed by atoms with E-state index in [1.807, 2.05) is 77.5 Å². The number of anilines is 1. The molecule has 2 aliphatic heterocycles. The minimum atomic E-state index is -0.964. The van der Waals surface area contributed by atoms with Crippen LogP contribution in [0.2, 0.25) is 0 Å². The first-order valence-electron chi connectivity index (χ1n) is 25.0. The van der Waals surface area contributed by atoms with Crippen LogP contribution in [-0.2, 0) is 32.3 Å². The summed E-state index contributed by atoms with van der Waals surface area (Å²) in [5.41, 5.74) is 10.4. The van der Waals surface area contributed by atoms with Gasteiger partial charge in [0, 0.05) is 73.9 Å². The zero-order chi connectivity index (χ0) is 52.0. The number of aryl methyl sites for hydroxylation is 2. The minimum Gasteiger partial charge on any atom is -0.496 e. The first-order chi connectivity index (χ1) is 35.0. The molecule has 1 fully saturated rings. The quantitative estimate of drug-likeness (QED) is 0.0554. The van der Waals surface area contributed by atoms with Crippen LogP contribution in [0.4, 0.5) is 5.82 Å². The number of thiazole rings is 1. The molecular formula is C56H67N9O6S2. The van der Waals surface area contributed by atoms with Crippen LogP contribution in [0.5, 0.6) is 5.75 Å². The van der Waals surface area contributed by atoms with Crippen LogP contribution >= 0.6 is 22.7 Å². The van der Waals surface area contributed by atoms with Gasteiger partial charge in [-0.15, -0.1) is 22.7 Å². The number of benzene rings is 3. The first kappa shape index (κ1) is 52.8. The number of rotatable bonds is 18.